The number of nitrogens with one attached hydrogen (secondary N) is 1. The minimum Gasteiger partial charge on any atom is -0.480 e. The van der Waals surface area contributed by atoms with Crippen LogP contribution in [0.1, 0.15) is 31.7 Å². The van der Waals surface area contributed by atoms with Gasteiger partial charge in [0.15, 0.2) is 0 Å². The molecule has 1 atom stereocenters. The molecule has 2 rings (SSSR count). The molecule has 0 spiro atoms. The number of rotatable bonds is 7. The van der Waals surface area contributed by atoms with Gasteiger partial charge in [-0.3, -0.25) is 4.79 Å². The predicted molar refractivity (Wildman–Crippen MR) is 86.8 cm³/mol. The van der Waals surface area contributed by atoms with E-state index in [2.05, 4.69) is 22.7 Å². The molecule has 0 saturated heterocycles. The Bertz CT molecular complexity index is 568. The molecular formula is C15H21N5O2. The summed E-state index contributed by atoms with van der Waals surface area (Å²) < 4.78 is 0. The fourth-order valence-electron chi connectivity index (χ4n) is 2.01. The van der Waals surface area contributed by atoms with Crippen LogP contribution in [-0.2, 0) is 11.2 Å². The first-order valence-electron chi connectivity index (χ1n) is 7.33. The van der Waals surface area contributed by atoms with Gasteiger partial charge in [-0.1, -0.05) is 25.5 Å². The number of unbranched alkanes of at least 4 members (excludes halogenated alkanes) is 1. The number of aliphatic carboxylic acids is 1. The Balaban J connectivity index is 1.93. The molecule has 1 unspecified atom stereocenters. The summed E-state index contributed by atoms with van der Waals surface area (Å²) in [7, 11) is 0. The largest absolute Gasteiger partial charge is 0.480 e. The van der Waals surface area contributed by atoms with Gasteiger partial charge in [0, 0.05) is 0 Å². The molecule has 1 aliphatic rings. The van der Waals surface area contributed by atoms with E-state index in [4.69, 9.17) is 10.8 Å². The van der Waals surface area contributed by atoms with Gasteiger partial charge in [-0.15, -0.1) is 0 Å². The molecule has 1 aromatic rings. The zero-order valence-electron chi connectivity index (χ0n) is 12.6. The van der Waals surface area contributed by atoms with Crippen molar-refractivity contribution in [3.05, 3.63) is 29.8 Å². The van der Waals surface area contributed by atoms with Gasteiger partial charge in [0.2, 0.25) is 0 Å². The van der Waals surface area contributed by atoms with E-state index in [1.54, 1.807) is 11.3 Å². The van der Waals surface area contributed by atoms with E-state index in [-0.39, 0.29) is 0 Å². The van der Waals surface area contributed by atoms with E-state index >= 15 is 0 Å². The van der Waals surface area contributed by atoms with E-state index in [9.17, 15) is 4.79 Å². The van der Waals surface area contributed by atoms with Crippen molar-refractivity contribution in [1.82, 2.24) is 5.53 Å². The van der Waals surface area contributed by atoms with E-state index in [0.29, 0.717) is 6.42 Å². The highest BCUT2D eigenvalue weighted by Crippen LogP contribution is 2.16. The standard InChI is InChI=1S/C15H21N5O2/c1-2-3-4-12-10-17-20(19-18-12)13-7-5-11(6-8-13)9-14(16)15(21)22/h5-8,10,14,19H,2-4,9,16H2,1H3,(H,21,22). The number of anilines is 1. The van der Waals surface area contributed by atoms with Crippen molar-refractivity contribution in [3.63, 3.8) is 0 Å². The Morgan fingerprint density at radius 3 is 2.68 bits per heavy atom. The molecule has 7 nitrogen and oxygen atoms in total. The maximum Gasteiger partial charge on any atom is 0.320 e. The second-order valence-corrected chi connectivity index (χ2v) is 5.18. The Labute approximate surface area is 129 Å². The number of hydrazine groups is 1. The summed E-state index contributed by atoms with van der Waals surface area (Å²) >= 11 is 0. The number of carboxylic acids is 1. The molecule has 0 aromatic heterocycles. The van der Waals surface area contributed by atoms with Crippen molar-refractivity contribution < 1.29 is 9.90 Å². The van der Waals surface area contributed by atoms with Gasteiger partial charge in [-0.05, 0) is 37.0 Å². The van der Waals surface area contributed by atoms with Gasteiger partial charge >= 0.3 is 5.97 Å². The smallest absolute Gasteiger partial charge is 0.320 e. The molecule has 4 N–H and O–H groups in total. The van der Waals surface area contributed by atoms with Crippen molar-refractivity contribution in [2.75, 3.05) is 5.12 Å². The van der Waals surface area contributed by atoms with Crippen LogP contribution in [0.25, 0.3) is 0 Å². The van der Waals surface area contributed by atoms with Crippen LogP contribution >= 0.6 is 0 Å². The first-order chi connectivity index (χ1) is 10.6. The lowest BCUT2D eigenvalue weighted by Crippen LogP contribution is -2.34. The summed E-state index contributed by atoms with van der Waals surface area (Å²) in [6, 6.07) is 6.49. The number of carbonyl (C=O) groups is 1. The number of hydrazone groups is 2. The SMILES string of the molecule is CCCCC1=NNN(c2ccc(CC(N)C(=O)O)cc2)N=C1. The minimum atomic E-state index is -1.000. The maximum atomic E-state index is 10.7. The molecule has 1 aliphatic heterocycles. The van der Waals surface area contributed by atoms with Crippen LogP contribution in [0.2, 0.25) is 0 Å². The zero-order valence-corrected chi connectivity index (χ0v) is 12.6. The summed E-state index contributed by atoms with van der Waals surface area (Å²) in [6.07, 6.45) is 5.17. The summed E-state index contributed by atoms with van der Waals surface area (Å²) in [4.78, 5) is 10.7. The quantitative estimate of drug-likeness (QED) is 0.708. The van der Waals surface area contributed by atoms with Crippen LogP contribution in [0.5, 0.6) is 0 Å². The number of nitrogens with two attached hydrogens (primary N) is 1. The maximum absolute atomic E-state index is 10.7. The average Bonchev–Trinajstić information content (AvgIpc) is 2.54. The van der Waals surface area contributed by atoms with Crippen molar-refractivity contribution in [1.29, 1.82) is 0 Å². The molecule has 0 aliphatic carbocycles. The van der Waals surface area contributed by atoms with Crippen LogP contribution in [0, 0.1) is 0 Å². The molecule has 0 saturated carbocycles. The number of benzene rings is 1. The molecule has 0 fully saturated rings. The minimum absolute atomic E-state index is 0.297. The van der Waals surface area contributed by atoms with E-state index in [1.807, 2.05) is 24.3 Å². The lowest BCUT2D eigenvalue weighted by atomic mass is 10.1. The second kappa shape index (κ2) is 7.56. The molecule has 0 bridgehead atoms. The highest BCUT2D eigenvalue weighted by molar-refractivity contribution is 6.31. The highest BCUT2D eigenvalue weighted by Gasteiger charge is 2.13. The Morgan fingerprint density at radius 1 is 1.41 bits per heavy atom. The van der Waals surface area contributed by atoms with Crippen molar-refractivity contribution in [2.24, 2.45) is 15.9 Å². The number of hydrogen-bond donors (Lipinski definition) is 3. The summed E-state index contributed by atoms with van der Waals surface area (Å²) in [6.45, 7) is 2.14. The first-order valence-corrected chi connectivity index (χ1v) is 7.33. The Hall–Kier alpha value is -2.41. The molecular weight excluding hydrogens is 282 g/mol. The van der Waals surface area contributed by atoms with E-state index in [1.165, 1.54) is 0 Å². The molecule has 1 heterocycles. The third-order valence-electron chi connectivity index (χ3n) is 3.35. The van der Waals surface area contributed by atoms with Crippen LogP contribution in [-0.4, -0.2) is 29.0 Å². The van der Waals surface area contributed by atoms with Gasteiger partial charge in [0.25, 0.3) is 0 Å². The van der Waals surface area contributed by atoms with Gasteiger partial charge in [-0.2, -0.15) is 20.9 Å². The molecule has 0 radical (unpaired) electrons. The molecule has 118 valence electrons. The second-order valence-electron chi connectivity index (χ2n) is 5.18. The first kappa shape index (κ1) is 16.0. The van der Waals surface area contributed by atoms with Crippen LogP contribution in [0.15, 0.2) is 34.5 Å². The van der Waals surface area contributed by atoms with E-state index in [0.717, 1.165) is 36.2 Å². The molecule has 0 amide bonds. The molecule has 1 aromatic carbocycles. The van der Waals surface area contributed by atoms with Crippen molar-refractivity contribution >= 4 is 23.6 Å². The zero-order chi connectivity index (χ0) is 15.9. The van der Waals surface area contributed by atoms with Crippen LogP contribution < -0.4 is 16.4 Å². The fourth-order valence-corrected chi connectivity index (χ4v) is 2.01. The van der Waals surface area contributed by atoms with Crippen molar-refractivity contribution in [2.45, 2.75) is 38.6 Å². The van der Waals surface area contributed by atoms with Gasteiger partial charge in [0.1, 0.15) is 6.04 Å². The van der Waals surface area contributed by atoms with E-state index < -0.39 is 12.0 Å². The fraction of sp³-hybridized carbons (Fsp3) is 0.400. The predicted octanol–water partition coefficient (Wildman–Crippen LogP) is 1.50. The number of nitrogens with zero attached hydrogens (tertiary/aromatic N) is 3. The normalized spacial score (nSPS) is 15.2. The van der Waals surface area contributed by atoms with Gasteiger partial charge < -0.3 is 10.8 Å². The Kier molecular flexibility index (Phi) is 5.48. The number of carboxylic acid groups (broad SMARTS) is 1. The van der Waals surface area contributed by atoms with Crippen LogP contribution in [0.4, 0.5) is 5.69 Å². The van der Waals surface area contributed by atoms with Gasteiger partial charge in [-0.25, -0.2) is 0 Å². The third-order valence-corrected chi connectivity index (χ3v) is 3.35. The average molecular weight is 303 g/mol. The third kappa shape index (κ3) is 4.29. The van der Waals surface area contributed by atoms with Crippen molar-refractivity contribution in [3.8, 4) is 0 Å². The molecule has 22 heavy (non-hydrogen) atoms. The summed E-state index contributed by atoms with van der Waals surface area (Å²) in [5.74, 6) is -1.000. The number of hydrogen-bond acceptors (Lipinski definition) is 6. The summed E-state index contributed by atoms with van der Waals surface area (Å²) in [5, 5.41) is 18.9. The lowest BCUT2D eigenvalue weighted by Gasteiger charge is -2.21. The Morgan fingerprint density at radius 2 is 2.14 bits per heavy atom. The highest BCUT2D eigenvalue weighted by atomic mass is 16.4. The summed E-state index contributed by atoms with van der Waals surface area (Å²) in [5.41, 5.74) is 11.0. The lowest BCUT2D eigenvalue weighted by molar-refractivity contribution is -0.138. The topological polar surface area (TPSA) is 103 Å². The monoisotopic (exact) mass is 303 g/mol. The van der Waals surface area contributed by atoms with Crippen LogP contribution in [0.3, 0.4) is 0 Å². The van der Waals surface area contributed by atoms with Gasteiger partial charge in [0.05, 0.1) is 17.6 Å². The molecule has 7 heteroatoms.